The molecule has 0 aromatic carbocycles. The van der Waals surface area contributed by atoms with E-state index in [2.05, 4.69) is 4.18 Å². The van der Waals surface area contributed by atoms with Crippen molar-refractivity contribution in [2.75, 3.05) is 7.11 Å². The molecule has 0 saturated carbocycles. The molecule has 2 amide bonds. The van der Waals surface area contributed by atoms with Crippen molar-refractivity contribution in [1.29, 1.82) is 0 Å². The number of carbonyl (C=O) groups is 3. The van der Waals surface area contributed by atoms with E-state index in [4.69, 9.17) is 4.84 Å². The number of hydrogen-bond acceptors (Lipinski definition) is 8. The van der Waals surface area contributed by atoms with E-state index in [0.717, 1.165) is 18.9 Å². The average Bonchev–Trinajstić information content (AvgIpc) is 2.69. The minimum atomic E-state index is -3.80. The monoisotopic (exact) mass is 367 g/mol. The lowest BCUT2D eigenvalue weighted by molar-refractivity contribution is -0.198. The van der Waals surface area contributed by atoms with Crippen LogP contribution >= 0.6 is 11.8 Å². The molecule has 0 N–H and O–H groups in total. The SMILES string of the molecule is COS(=O)(=O)C(CCC(=O)ON1C(=O)CC(C)C1=O)SC(C)C. The van der Waals surface area contributed by atoms with Crippen LogP contribution in [0.15, 0.2) is 0 Å². The van der Waals surface area contributed by atoms with Gasteiger partial charge in [0.15, 0.2) is 0 Å². The number of imide groups is 1. The largest absolute Gasteiger partial charge is 0.333 e. The van der Waals surface area contributed by atoms with Crippen molar-refractivity contribution in [2.45, 2.75) is 49.9 Å². The number of hydrogen-bond donors (Lipinski definition) is 0. The topological polar surface area (TPSA) is 107 Å². The van der Waals surface area contributed by atoms with Crippen LogP contribution in [0.1, 0.15) is 40.0 Å². The maximum Gasteiger partial charge on any atom is 0.333 e. The molecule has 0 bridgehead atoms. The van der Waals surface area contributed by atoms with Crippen LogP contribution in [-0.4, -0.2) is 48.2 Å². The highest BCUT2D eigenvalue weighted by Gasteiger charge is 2.39. The van der Waals surface area contributed by atoms with Crippen LogP contribution in [0.25, 0.3) is 0 Å². The van der Waals surface area contributed by atoms with E-state index in [1.807, 2.05) is 13.8 Å². The lowest BCUT2D eigenvalue weighted by Gasteiger charge is -2.18. The van der Waals surface area contributed by atoms with Crippen molar-refractivity contribution in [3.63, 3.8) is 0 Å². The van der Waals surface area contributed by atoms with Crippen molar-refractivity contribution < 1.29 is 31.8 Å². The Morgan fingerprint density at radius 3 is 2.43 bits per heavy atom. The molecule has 2 unspecified atom stereocenters. The van der Waals surface area contributed by atoms with Gasteiger partial charge >= 0.3 is 5.97 Å². The number of amides is 2. The van der Waals surface area contributed by atoms with Gasteiger partial charge in [-0.15, -0.1) is 16.8 Å². The number of nitrogens with zero attached hydrogens (tertiary/aromatic N) is 1. The van der Waals surface area contributed by atoms with Crippen molar-refractivity contribution in [3.8, 4) is 0 Å². The highest BCUT2D eigenvalue weighted by Crippen LogP contribution is 2.27. The van der Waals surface area contributed by atoms with Crippen LogP contribution in [0.3, 0.4) is 0 Å². The summed E-state index contributed by atoms with van der Waals surface area (Å²) in [5.74, 6) is -2.50. The van der Waals surface area contributed by atoms with Gasteiger partial charge in [0.05, 0.1) is 13.5 Å². The quantitative estimate of drug-likeness (QED) is 0.463. The van der Waals surface area contributed by atoms with Gasteiger partial charge in [-0.1, -0.05) is 20.8 Å². The van der Waals surface area contributed by atoms with Gasteiger partial charge in [0.2, 0.25) is 0 Å². The summed E-state index contributed by atoms with van der Waals surface area (Å²) in [5, 5.41) is 0.478. The number of rotatable bonds is 8. The third-order valence-electron chi connectivity index (χ3n) is 3.08. The first-order valence-corrected chi connectivity index (χ1v) is 9.52. The fraction of sp³-hybridized carbons (Fsp3) is 0.769. The van der Waals surface area contributed by atoms with Gasteiger partial charge in [0, 0.05) is 17.6 Å². The van der Waals surface area contributed by atoms with Crippen LogP contribution in [0.4, 0.5) is 0 Å². The molecule has 0 aromatic rings. The first-order chi connectivity index (χ1) is 10.6. The van der Waals surface area contributed by atoms with E-state index in [1.54, 1.807) is 6.92 Å². The second-order valence-corrected chi connectivity index (χ2v) is 9.38. The molecule has 1 aliphatic rings. The lowest BCUT2D eigenvalue weighted by Crippen LogP contribution is -2.33. The maximum absolute atomic E-state index is 11.8. The Morgan fingerprint density at radius 2 is 2.00 bits per heavy atom. The van der Waals surface area contributed by atoms with Gasteiger partial charge in [-0.05, 0) is 6.42 Å². The molecule has 2 atom stereocenters. The van der Waals surface area contributed by atoms with Crippen molar-refractivity contribution >= 4 is 39.7 Å². The Hall–Kier alpha value is -1.13. The molecule has 23 heavy (non-hydrogen) atoms. The first-order valence-electron chi connectivity index (χ1n) is 7.11. The second kappa shape index (κ2) is 8.11. The van der Waals surface area contributed by atoms with Crippen LogP contribution in [0, 0.1) is 5.92 Å². The molecule has 1 rings (SSSR count). The van der Waals surface area contributed by atoms with Crippen LogP contribution in [0.2, 0.25) is 0 Å². The standard InChI is InChI=1S/C13H21NO7S2/c1-8(2)22-12(23(18,19)20-4)6-5-11(16)21-14-10(15)7-9(3)13(14)17/h8-9,12H,5-7H2,1-4H3. The Labute approximate surface area is 139 Å². The molecule has 0 spiro atoms. The zero-order valence-electron chi connectivity index (χ0n) is 13.5. The van der Waals surface area contributed by atoms with E-state index >= 15 is 0 Å². The minimum absolute atomic E-state index is 0.00397. The summed E-state index contributed by atoms with van der Waals surface area (Å²) in [6, 6.07) is 0. The van der Waals surface area contributed by atoms with Gasteiger partial charge in [-0.3, -0.25) is 13.8 Å². The molecule has 0 radical (unpaired) electrons. The predicted molar refractivity (Wildman–Crippen MR) is 83.4 cm³/mol. The molecule has 132 valence electrons. The van der Waals surface area contributed by atoms with E-state index in [-0.39, 0.29) is 24.5 Å². The van der Waals surface area contributed by atoms with E-state index in [0.29, 0.717) is 5.06 Å². The van der Waals surface area contributed by atoms with Gasteiger partial charge in [0.1, 0.15) is 4.58 Å². The highest BCUT2D eigenvalue weighted by molar-refractivity contribution is 8.12. The fourth-order valence-electron chi connectivity index (χ4n) is 1.93. The van der Waals surface area contributed by atoms with Gasteiger partial charge < -0.3 is 4.84 Å². The summed E-state index contributed by atoms with van der Waals surface area (Å²) in [4.78, 5) is 39.7. The van der Waals surface area contributed by atoms with Gasteiger partial charge in [-0.2, -0.15) is 8.42 Å². The molecular formula is C13H21NO7S2. The molecule has 8 nitrogen and oxygen atoms in total. The van der Waals surface area contributed by atoms with Crippen molar-refractivity contribution in [1.82, 2.24) is 5.06 Å². The molecule has 1 heterocycles. The van der Waals surface area contributed by atoms with Crippen LogP contribution < -0.4 is 0 Å². The summed E-state index contributed by atoms with van der Waals surface area (Å²) in [6.45, 7) is 5.21. The second-order valence-electron chi connectivity index (χ2n) is 5.41. The third-order valence-corrected chi connectivity index (χ3v) is 6.55. The Kier molecular flexibility index (Phi) is 7.02. The Morgan fingerprint density at radius 1 is 1.39 bits per heavy atom. The van der Waals surface area contributed by atoms with Gasteiger partial charge in [0.25, 0.3) is 21.9 Å². The molecule has 0 aliphatic carbocycles. The predicted octanol–water partition coefficient (Wildman–Crippen LogP) is 1.06. The summed E-state index contributed by atoms with van der Waals surface area (Å²) in [6.07, 6.45) is -0.294. The van der Waals surface area contributed by atoms with Crippen LogP contribution in [-0.2, 0) is 33.5 Å². The molecule has 1 aliphatic heterocycles. The maximum atomic E-state index is 11.8. The van der Waals surface area contributed by atoms with E-state index < -0.39 is 38.4 Å². The molecule has 10 heteroatoms. The number of carbonyl (C=O) groups excluding carboxylic acids is 3. The Bertz CT molecular complexity index is 573. The van der Waals surface area contributed by atoms with Crippen molar-refractivity contribution in [3.05, 3.63) is 0 Å². The number of hydroxylamine groups is 2. The number of thioether (sulfide) groups is 1. The zero-order valence-corrected chi connectivity index (χ0v) is 15.1. The normalized spacial score (nSPS) is 20.2. The molecule has 1 fully saturated rings. The summed E-state index contributed by atoms with van der Waals surface area (Å²) in [7, 11) is -2.74. The van der Waals surface area contributed by atoms with E-state index in [1.165, 1.54) is 0 Å². The first kappa shape index (κ1) is 19.9. The molecule has 1 saturated heterocycles. The fourth-order valence-corrected chi connectivity index (χ4v) is 4.85. The lowest BCUT2D eigenvalue weighted by atomic mass is 10.1. The van der Waals surface area contributed by atoms with Gasteiger partial charge in [-0.25, -0.2) is 4.79 Å². The minimum Gasteiger partial charge on any atom is -0.330 e. The highest BCUT2D eigenvalue weighted by atomic mass is 32.3. The summed E-state index contributed by atoms with van der Waals surface area (Å²) in [5.41, 5.74) is 0. The smallest absolute Gasteiger partial charge is 0.330 e. The van der Waals surface area contributed by atoms with Crippen molar-refractivity contribution in [2.24, 2.45) is 5.92 Å². The third kappa shape index (κ3) is 5.47. The summed E-state index contributed by atoms with van der Waals surface area (Å²) >= 11 is 1.15. The molecular weight excluding hydrogens is 346 g/mol. The summed E-state index contributed by atoms with van der Waals surface area (Å²) < 4.78 is 27.2. The average molecular weight is 367 g/mol. The zero-order chi connectivity index (χ0) is 17.8. The molecule has 0 aromatic heterocycles. The van der Waals surface area contributed by atoms with Crippen LogP contribution in [0.5, 0.6) is 0 Å². The van der Waals surface area contributed by atoms with E-state index in [9.17, 15) is 22.8 Å². The Balaban J connectivity index is 2.62.